The quantitative estimate of drug-likeness (QED) is 0.713. The highest BCUT2D eigenvalue weighted by molar-refractivity contribution is 5.66. The molecule has 1 N–H and O–H groups in total. The summed E-state index contributed by atoms with van der Waals surface area (Å²) in [7, 11) is 0. The van der Waals surface area contributed by atoms with Crippen molar-refractivity contribution in [1.82, 2.24) is 4.90 Å². The van der Waals surface area contributed by atoms with Crippen LogP contribution in [0, 0.1) is 5.92 Å². The molecule has 3 nitrogen and oxygen atoms in total. The molecule has 0 amide bonds. The number of hydrogen-bond acceptors (Lipinski definition) is 2. The van der Waals surface area contributed by atoms with E-state index in [4.69, 9.17) is 5.11 Å². The maximum atomic E-state index is 10.4. The smallest absolute Gasteiger partial charge is 0.303 e. The molecule has 1 saturated heterocycles. The molecule has 15 heavy (non-hydrogen) atoms. The summed E-state index contributed by atoms with van der Waals surface area (Å²) < 4.78 is 0. The van der Waals surface area contributed by atoms with E-state index in [2.05, 4.69) is 18.7 Å². The maximum absolute atomic E-state index is 10.4. The maximum Gasteiger partial charge on any atom is 0.303 e. The molecule has 0 aromatic carbocycles. The number of hydrogen-bond donors (Lipinski definition) is 1. The van der Waals surface area contributed by atoms with Gasteiger partial charge in [-0.15, -0.1) is 0 Å². The Morgan fingerprint density at radius 2 is 2.13 bits per heavy atom. The molecule has 0 spiro atoms. The van der Waals surface area contributed by atoms with Gasteiger partial charge in [0, 0.05) is 12.5 Å². The first-order valence-corrected chi connectivity index (χ1v) is 6.07. The van der Waals surface area contributed by atoms with Gasteiger partial charge in [0.05, 0.1) is 0 Å². The highest BCUT2D eigenvalue weighted by Crippen LogP contribution is 2.22. The predicted molar refractivity (Wildman–Crippen MR) is 60.9 cm³/mol. The molecule has 0 saturated carbocycles. The average Bonchev–Trinajstić information content (AvgIpc) is 2.18. The number of nitrogens with zero attached hydrogens (tertiary/aromatic N) is 1. The molecule has 0 aromatic rings. The Morgan fingerprint density at radius 3 is 2.80 bits per heavy atom. The summed E-state index contributed by atoms with van der Waals surface area (Å²) in [5, 5.41) is 8.53. The lowest BCUT2D eigenvalue weighted by Gasteiger charge is -2.37. The summed E-state index contributed by atoms with van der Waals surface area (Å²) >= 11 is 0. The van der Waals surface area contributed by atoms with Crippen molar-refractivity contribution in [2.75, 3.05) is 13.1 Å². The van der Waals surface area contributed by atoms with E-state index in [-0.39, 0.29) is 0 Å². The van der Waals surface area contributed by atoms with Crippen LogP contribution in [0.1, 0.15) is 46.0 Å². The first-order chi connectivity index (χ1) is 7.11. The highest BCUT2D eigenvalue weighted by atomic mass is 16.4. The van der Waals surface area contributed by atoms with E-state index in [1.165, 1.54) is 19.4 Å². The van der Waals surface area contributed by atoms with Crippen molar-refractivity contribution in [3.05, 3.63) is 0 Å². The van der Waals surface area contributed by atoms with Crippen LogP contribution in [0.5, 0.6) is 0 Å². The van der Waals surface area contributed by atoms with E-state index in [0.717, 1.165) is 25.3 Å². The van der Waals surface area contributed by atoms with Crippen LogP contribution in [0.2, 0.25) is 0 Å². The predicted octanol–water partition coefficient (Wildman–Crippen LogP) is 2.36. The molecule has 2 atom stereocenters. The fourth-order valence-corrected chi connectivity index (χ4v) is 2.33. The van der Waals surface area contributed by atoms with Gasteiger partial charge < -0.3 is 10.0 Å². The van der Waals surface area contributed by atoms with Gasteiger partial charge in [-0.1, -0.05) is 6.92 Å². The number of rotatable bonds is 5. The third-order valence-electron chi connectivity index (χ3n) is 3.59. The molecule has 2 unspecified atom stereocenters. The molecular formula is C12H23NO2. The Bertz CT molecular complexity index is 206. The van der Waals surface area contributed by atoms with E-state index in [1.54, 1.807) is 0 Å². The molecule has 1 fully saturated rings. The zero-order valence-corrected chi connectivity index (χ0v) is 9.91. The summed E-state index contributed by atoms with van der Waals surface area (Å²) in [5.41, 5.74) is 0. The standard InChI is InChI=1S/C12H23NO2/c1-10-6-5-9-13(11(10)2)8-4-3-7-12(14)15/h10-11H,3-9H2,1-2H3,(H,14,15). The molecular weight excluding hydrogens is 190 g/mol. The summed E-state index contributed by atoms with van der Waals surface area (Å²) in [6.45, 7) is 6.87. The lowest BCUT2D eigenvalue weighted by atomic mass is 9.92. The first-order valence-electron chi connectivity index (χ1n) is 6.07. The number of likely N-dealkylation sites (tertiary alicyclic amines) is 1. The number of carboxylic acid groups (broad SMARTS) is 1. The molecule has 1 rings (SSSR count). The second-order valence-corrected chi connectivity index (χ2v) is 4.75. The Balaban J connectivity index is 2.17. The summed E-state index contributed by atoms with van der Waals surface area (Å²) in [6, 6.07) is 0.670. The Hall–Kier alpha value is -0.570. The molecule has 1 heterocycles. The first kappa shape index (κ1) is 12.5. The Kier molecular flexibility index (Phi) is 5.09. The van der Waals surface area contributed by atoms with Crippen molar-refractivity contribution in [2.24, 2.45) is 5.92 Å². The van der Waals surface area contributed by atoms with E-state index in [1.807, 2.05) is 0 Å². The fraction of sp³-hybridized carbons (Fsp3) is 0.917. The number of carbonyl (C=O) groups is 1. The van der Waals surface area contributed by atoms with Gasteiger partial charge in [0.25, 0.3) is 0 Å². The van der Waals surface area contributed by atoms with E-state index in [0.29, 0.717) is 12.5 Å². The van der Waals surface area contributed by atoms with Crippen LogP contribution in [0.15, 0.2) is 0 Å². The van der Waals surface area contributed by atoms with Crippen LogP contribution in [-0.4, -0.2) is 35.1 Å². The monoisotopic (exact) mass is 213 g/mol. The van der Waals surface area contributed by atoms with Gasteiger partial charge >= 0.3 is 5.97 Å². The molecule has 3 heteroatoms. The van der Waals surface area contributed by atoms with Gasteiger partial charge in [0.1, 0.15) is 0 Å². The average molecular weight is 213 g/mol. The van der Waals surface area contributed by atoms with Crippen molar-refractivity contribution in [2.45, 2.75) is 52.0 Å². The van der Waals surface area contributed by atoms with Gasteiger partial charge in [-0.3, -0.25) is 4.79 Å². The van der Waals surface area contributed by atoms with Gasteiger partial charge in [0.15, 0.2) is 0 Å². The third kappa shape index (κ3) is 4.20. The zero-order chi connectivity index (χ0) is 11.3. The van der Waals surface area contributed by atoms with Crippen LogP contribution in [0.3, 0.4) is 0 Å². The van der Waals surface area contributed by atoms with Crippen molar-refractivity contribution >= 4 is 5.97 Å². The third-order valence-corrected chi connectivity index (χ3v) is 3.59. The SMILES string of the molecule is CC1CCCN(CCCCC(=O)O)C1C. The molecule has 88 valence electrons. The molecule has 1 aliphatic heterocycles. The second kappa shape index (κ2) is 6.11. The van der Waals surface area contributed by atoms with E-state index < -0.39 is 5.97 Å². The molecule has 0 radical (unpaired) electrons. The Labute approximate surface area is 92.5 Å². The fourth-order valence-electron chi connectivity index (χ4n) is 2.33. The summed E-state index contributed by atoms with van der Waals surface area (Å²) in [5.74, 6) is 0.119. The van der Waals surface area contributed by atoms with Crippen LogP contribution in [0.4, 0.5) is 0 Å². The minimum atomic E-state index is -0.671. The van der Waals surface area contributed by atoms with Crippen LogP contribution >= 0.6 is 0 Å². The van der Waals surface area contributed by atoms with Gasteiger partial charge in [0.2, 0.25) is 0 Å². The number of aliphatic carboxylic acids is 1. The lowest BCUT2D eigenvalue weighted by Crippen LogP contribution is -2.42. The minimum Gasteiger partial charge on any atom is -0.481 e. The summed E-state index contributed by atoms with van der Waals surface area (Å²) in [6.07, 6.45) is 4.78. The normalized spacial score (nSPS) is 27.9. The topological polar surface area (TPSA) is 40.5 Å². The van der Waals surface area contributed by atoms with Gasteiger partial charge in [-0.2, -0.15) is 0 Å². The van der Waals surface area contributed by atoms with Crippen LogP contribution in [0.25, 0.3) is 0 Å². The zero-order valence-electron chi connectivity index (χ0n) is 9.91. The van der Waals surface area contributed by atoms with Crippen molar-refractivity contribution in [3.8, 4) is 0 Å². The second-order valence-electron chi connectivity index (χ2n) is 4.75. The molecule has 0 aromatic heterocycles. The van der Waals surface area contributed by atoms with Crippen molar-refractivity contribution in [1.29, 1.82) is 0 Å². The molecule has 0 aliphatic carbocycles. The van der Waals surface area contributed by atoms with Crippen molar-refractivity contribution in [3.63, 3.8) is 0 Å². The Morgan fingerprint density at radius 1 is 1.40 bits per heavy atom. The van der Waals surface area contributed by atoms with Crippen LogP contribution in [-0.2, 0) is 4.79 Å². The van der Waals surface area contributed by atoms with Gasteiger partial charge in [-0.05, 0) is 51.6 Å². The number of carboxylic acids is 1. The minimum absolute atomic E-state index is 0.317. The molecule has 1 aliphatic rings. The van der Waals surface area contributed by atoms with Crippen LogP contribution < -0.4 is 0 Å². The summed E-state index contributed by atoms with van der Waals surface area (Å²) in [4.78, 5) is 12.9. The largest absolute Gasteiger partial charge is 0.481 e. The molecule has 0 bridgehead atoms. The van der Waals surface area contributed by atoms with Gasteiger partial charge in [-0.25, -0.2) is 0 Å². The highest BCUT2D eigenvalue weighted by Gasteiger charge is 2.23. The lowest BCUT2D eigenvalue weighted by molar-refractivity contribution is -0.137. The number of piperidine rings is 1. The van der Waals surface area contributed by atoms with Crippen molar-refractivity contribution < 1.29 is 9.90 Å². The number of unbranched alkanes of at least 4 members (excludes halogenated alkanes) is 1. The van der Waals surface area contributed by atoms with E-state index >= 15 is 0 Å². The van der Waals surface area contributed by atoms with E-state index in [9.17, 15) is 4.79 Å².